The van der Waals surface area contributed by atoms with Gasteiger partial charge in [0.1, 0.15) is 5.82 Å². The van der Waals surface area contributed by atoms with E-state index >= 15 is 0 Å². The van der Waals surface area contributed by atoms with Crippen LogP contribution in [0.2, 0.25) is 0 Å². The highest BCUT2D eigenvalue weighted by Gasteiger charge is 2.46. The fourth-order valence-electron chi connectivity index (χ4n) is 5.00. The van der Waals surface area contributed by atoms with Crippen LogP contribution < -0.4 is 20.4 Å². The zero-order chi connectivity index (χ0) is 23.9. The molecule has 178 valence electrons. The largest absolute Gasteiger partial charge is 0.483 e. The van der Waals surface area contributed by atoms with Crippen molar-refractivity contribution in [3.05, 3.63) is 47.4 Å². The average molecular weight is 464 g/mol. The quantitative estimate of drug-likeness (QED) is 0.501. The molecule has 1 saturated carbocycles. The van der Waals surface area contributed by atoms with Gasteiger partial charge in [0, 0.05) is 61.0 Å². The average Bonchev–Trinajstić information content (AvgIpc) is 3.24. The number of aryl methyl sites for hydroxylation is 2. The lowest BCUT2D eigenvalue weighted by molar-refractivity contribution is -0.122. The van der Waals surface area contributed by atoms with Gasteiger partial charge in [-0.15, -0.1) is 0 Å². The van der Waals surface area contributed by atoms with E-state index in [1.54, 1.807) is 4.90 Å². The van der Waals surface area contributed by atoms with Crippen molar-refractivity contribution in [2.24, 2.45) is 0 Å². The topological polar surface area (TPSA) is 115 Å². The monoisotopic (exact) mass is 463 g/mol. The third-order valence-electron chi connectivity index (χ3n) is 6.83. The van der Waals surface area contributed by atoms with Crippen LogP contribution in [0, 0.1) is 13.8 Å². The van der Waals surface area contributed by atoms with Crippen LogP contribution in [0.5, 0.6) is 0 Å². The van der Waals surface area contributed by atoms with Gasteiger partial charge in [-0.25, -0.2) is 14.3 Å². The molecular weight excluding hydrogens is 434 g/mol. The molecule has 10 nitrogen and oxygen atoms in total. The Hall–Kier alpha value is -3.66. The molecule has 2 amide bonds. The zero-order valence-electron chi connectivity index (χ0n) is 19.4. The van der Waals surface area contributed by atoms with Gasteiger partial charge in [0.15, 0.2) is 0 Å². The van der Waals surface area contributed by atoms with E-state index in [2.05, 4.69) is 31.7 Å². The normalized spacial score (nSPS) is 17.8. The van der Waals surface area contributed by atoms with Gasteiger partial charge in [0.05, 0.1) is 11.2 Å². The number of piperazine rings is 1. The van der Waals surface area contributed by atoms with Crippen LogP contribution in [-0.4, -0.2) is 63.9 Å². The van der Waals surface area contributed by atoms with Crippen molar-refractivity contribution in [3.63, 3.8) is 0 Å². The number of urea groups is 1. The number of carbonyl (C=O) groups excluding carboxylic acids is 1. The smallest absolute Gasteiger partial charge is 0.327 e. The lowest BCUT2D eigenvalue weighted by atomic mass is 10.1. The third-order valence-corrected chi connectivity index (χ3v) is 6.83. The number of carboxylic acid groups (broad SMARTS) is 1. The Balaban J connectivity index is 0.000000764. The van der Waals surface area contributed by atoms with Gasteiger partial charge < -0.3 is 20.6 Å². The van der Waals surface area contributed by atoms with Gasteiger partial charge in [-0.3, -0.25) is 9.69 Å². The molecule has 34 heavy (non-hydrogen) atoms. The molecular formula is C24H29N7O3. The molecule has 0 radical (unpaired) electrons. The van der Waals surface area contributed by atoms with Crippen LogP contribution in [0.3, 0.4) is 0 Å². The minimum Gasteiger partial charge on any atom is -0.483 e. The van der Waals surface area contributed by atoms with Crippen molar-refractivity contribution in [3.8, 4) is 0 Å². The number of anilines is 3. The third kappa shape index (κ3) is 4.05. The molecule has 3 aromatic heterocycles. The Morgan fingerprint density at radius 1 is 1.26 bits per heavy atom. The van der Waals surface area contributed by atoms with Crippen LogP contribution in [-0.2, 0) is 11.2 Å². The maximum atomic E-state index is 13.2. The Labute approximate surface area is 197 Å². The lowest BCUT2D eigenvalue weighted by Gasteiger charge is -2.36. The summed E-state index contributed by atoms with van der Waals surface area (Å²) in [6.45, 7) is 7.40. The Kier molecular flexibility index (Phi) is 5.60. The Morgan fingerprint density at radius 2 is 2.06 bits per heavy atom. The van der Waals surface area contributed by atoms with Gasteiger partial charge in [-0.05, 0) is 56.9 Å². The first kappa shape index (κ1) is 22.1. The number of hydrogen-bond donors (Lipinski definition) is 3. The highest BCUT2D eigenvalue weighted by molar-refractivity contribution is 6.03. The number of nitrogens with one attached hydrogen (secondary N) is 2. The summed E-state index contributed by atoms with van der Waals surface area (Å²) in [5.74, 6) is 0.789. The molecule has 0 atom stereocenters. The first-order valence-corrected chi connectivity index (χ1v) is 11.5. The van der Waals surface area contributed by atoms with E-state index in [9.17, 15) is 4.79 Å². The van der Waals surface area contributed by atoms with E-state index < -0.39 is 0 Å². The summed E-state index contributed by atoms with van der Waals surface area (Å²) < 4.78 is 1.85. The SMILES string of the molecule is Cc1cc2cc(NC(=O)N3CCc4c(N5CCNC6(CC6)C5)ccnc43)c(C)cn2n1.O=CO. The van der Waals surface area contributed by atoms with Crippen LogP contribution in [0.25, 0.3) is 5.52 Å². The highest BCUT2D eigenvalue weighted by Crippen LogP contribution is 2.41. The first-order valence-electron chi connectivity index (χ1n) is 11.5. The van der Waals surface area contributed by atoms with Crippen molar-refractivity contribution in [2.45, 2.75) is 38.6 Å². The van der Waals surface area contributed by atoms with Crippen LogP contribution in [0.4, 0.5) is 22.0 Å². The number of fused-ring (bicyclic) bond motifs is 2. The second kappa shape index (κ2) is 8.60. The van der Waals surface area contributed by atoms with Gasteiger partial charge in [-0.2, -0.15) is 5.10 Å². The molecule has 0 unspecified atom stereocenters. The van der Waals surface area contributed by atoms with Gasteiger partial charge >= 0.3 is 6.03 Å². The molecule has 1 saturated heterocycles. The molecule has 1 aliphatic carbocycles. The van der Waals surface area contributed by atoms with Crippen molar-refractivity contribution in [2.75, 3.05) is 41.3 Å². The summed E-state index contributed by atoms with van der Waals surface area (Å²) in [7, 11) is 0. The minimum absolute atomic E-state index is 0.133. The second-order valence-corrected chi connectivity index (χ2v) is 9.22. The van der Waals surface area contributed by atoms with Gasteiger partial charge in [0.25, 0.3) is 6.47 Å². The Bertz CT molecular complexity index is 1250. The Morgan fingerprint density at radius 3 is 2.82 bits per heavy atom. The molecule has 3 N–H and O–H groups in total. The van der Waals surface area contributed by atoms with E-state index in [0.717, 1.165) is 54.3 Å². The van der Waals surface area contributed by atoms with Crippen molar-refractivity contribution < 1.29 is 14.7 Å². The summed E-state index contributed by atoms with van der Waals surface area (Å²) in [6.07, 6.45) is 7.14. The minimum atomic E-state index is -0.250. The summed E-state index contributed by atoms with van der Waals surface area (Å²) >= 11 is 0. The number of pyridine rings is 2. The molecule has 0 bridgehead atoms. The maximum absolute atomic E-state index is 13.2. The predicted molar refractivity (Wildman–Crippen MR) is 130 cm³/mol. The standard InChI is InChI=1S/C23H27N7O.CH2O2/c1-15-13-30-17(11-16(2)27-30)12-19(15)26-22(31)29-9-4-18-20(3-7-24-21(18)29)28-10-8-25-23(14-28)5-6-23;2-1-3/h3,7,11-13,25H,4-6,8-10,14H2,1-2H3,(H,26,31);1H,(H,2,3). The fraction of sp³-hybridized carbons (Fsp3) is 0.417. The zero-order valence-corrected chi connectivity index (χ0v) is 19.4. The molecule has 10 heteroatoms. The molecule has 6 rings (SSSR count). The van der Waals surface area contributed by atoms with Crippen molar-refractivity contribution in [1.29, 1.82) is 0 Å². The number of hydrogen-bond acceptors (Lipinski definition) is 6. The molecule has 0 aromatic carbocycles. The van der Waals surface area contributed by atoms with Crippen molar-refractivity contribution in [1.82, 2.24) is 19.9 Å². The molecule has 2 aliphatic heterocycles. The second-order valence-electron chi connectivity index (χ2n) is 9.22. The first-order chi connectivity index (χ1) is 16.4. The van der Waals surface area contributed by atoms with Crippen LogP contribution >= 0.6 is 0 Å². The molecule has 3 aliphatic rings. The number of aromatic nitrogens is 3. The maximum Gasteiger partial charge on any atom is 0.327 e. The predicted octanol–water partition coefficient (Wildman–Crippen LogP) is 2.58. The number of nitrogens with zero attached hydrogens (tertiary/aromatic N) is 5. The number of rotatable bonds is 2. The molecule has 1 spiro atoms. The van der Waals surface area contributed by atoms with Crippen LogP contribution in [0.15, 0.2) is 30.6 Å². The van der Waals surface area contributed by atoms with E-state index in [4.69, 9.17) is 9.90 Å². The van der Waals surface area contributed by atoms with Gasteiger partial charge in [-0.1, -0.05) is 0 Å². The molecule has 2 fully saturated rings. The molecule has 5 heterocycles. The summed E-state index contributed by atoms with van der Waals surface area (Å²) in [5, 5.41) is 18.1. The number of amides is 2. The van der Waals surface area contributed by atoms with E-state index in [1.165, 1.54) is 24.1 Å². The summed E-state index contributed by atoms with van der Waals surface area (Å²) in [5.41, 5.74) is 6.43. The highest BCUT2D eigenvalue weighted by atomic mass is 16.3. The van der Waals surface area contributed by atoms with E-state index in [0.29, 0.717) is 12.1 Å². The van der Waals surface area contributed by atoms with E-state index in [1.807, 2.05) is 42.9 Å². The number of carbonyl (C=O) groups is 2. The fourth-order valence-corrected chi connectivity index (χ4v) is 5.00. The lowest BCUT2D eigenvalue weighted by Crippen LogP contribution is -2.52. The van der Waals surface area contributed by atoms with Crippen LogP contribution in [0.1, 0.15) is 29.7 Å². The summed E-state index contributed by atoms with van der Waals surface area (Å²) in [4.78, 5) is 30.4. The van der Waals surface area contributed by atoms with Gasteiger partial charge in [0.2, 0.25) is 0 Å². The molecule has 3 aromatic rings. The van der Waals surface area contributed by atoms with Crippen molar-refractivity contribution >= 4 is 35.2 Å². The van der Waals surface area contributed by atoms with E-state index in [-0.39, 0.29) is 12.5 Å². The summed E-state index contributed by atoms with van der Waals surface area (Å²) in [6, 6.07) is 5.96.